The highest BCUT2D eigenvalue weighted by atomic mass is 19.1. The molecule has 1 atom stereocenters. The molecule has 0 aliphatic heterocycles. The number of hydrogen-bond acceptors (Lipinski definition) is 3. The van der Waals surface area contributed by atoms with Crippen LogP contribution < -0.4 is 5.32 Å². The summed E-state index contributed by atoms with van der Waals surface area (Å²) in [6.07, 6.45) is 0. The highest BCUT2D eigenvalue weighted by Crippen LogP contribution is 2.27. The minimum absolute atomic E-state index is 0.322. The van der Waals surface area contributed by atoms with Crippen molar-refractivity contribution in [1.29, 1.82) is 0 Å². The number of aliphatic carboxylic acids is 1. The highest BCUT2D eigenvalue weighted by Gasteiger charge is 2.32. The molecule has 3 N–H and O–H groups in total. The molecule has 0 aliphatic carbocycles. The Balaban J connectivity index is 1.96. The number of benzene rings is 2. The summed E-state index contributed by atoms with van der Waals surface area (Å²) >= 11 is 0. The summed E-state index contributed by atoms with van der Waals surface area (Å²) in [6, 6.07) is 9.83. The second kappa shape index (κ2) is 6.83. The number of carbonyl (C=O) groups is 2. The van der Waals surface area contributed by atoms with E-state index < -0.39 is 23.3 Å². The molecule has 2 aromatic carbocycles. The van der Waals surface area contributed by atoms with E-state index in [-0.39, 0.29) is 5.82 Å². The molecule has 0 spiro atoms. The van der Waals surface area contributed by atoms with Crippen LogP contribution in [0.4, 0.5) is 4.39 Å². The summed E-state index contributed by atoms with van der Waals surface area (Å²) in [7, 11) is 0. The van der Waals surface area contributed by atoms with Crippen LogP contribution >= 0.6 is 0 Å². The maximum Gasteiger partial charge on any atom is 0.326 e. The molecule has 1 amide bonds. The minimum Gasteiger partial charge on any atom is -0.480 e. The first kappa shape index (κ1) is 18.6. The zero-order chi connectivity index (χ0) is 19.8. The zero-order valence-electron chi connectivity index (χ0n) is 15.2. The number of amides is 1. The summed E-state index contributed by atoms with van der Waals surface area (Å²) in [5.41, 5.74) is 1.70. The second-order valence-corrected chi connectivity index (χ2v) is 7.45. The first-order valence-electron chi connectivity index (χ1n) is 8.44. The molecule has 0 bridgehead atoms. The fourth-order valence-electron chi connectivity index (χ4n) is 2.85. The van der Waals surface area contributed by atoms with Crippen molar-refractivity contribution in [3.63, 3.8) is 0 Å². The van der Waals surface area contributed by atoms with Gasteiger partial charge in [0.25, 0.3) is 5.91 Å². The molecule has 7 heteroatoms. The van der Waals surface area contributed by atoms with Gasteiger partial charge in [0.05, 0.1) is 11.2 Å². The van der Waals surface area contributed by atoms with E-state index in [9.17, 15) is 19.1 Å². The van der Waals surface area contributed by atoms with Gasteiger partial charge in [0.2, 0.25) is 0 Å². The van der Waals surface area contributed by atoms with Crippen molar-refractivity contribution in [1.82, 2.24) is 15.5 Å². The Hall–Kier alpha value is -3.22. The molecule has 0 aliphatic rings. The predicted octanol–water partition coefficient (Wildman–Crippen LogP) is 3.60. The predicted molar refractivity (Wildman–Crippen MR) is 99.8 cm³/mol. The van der Waals surface area contributed by atoms with E-state index in [4.69, 9.17) is 0 Å². The van der Waals surface area contributed by atoms with E-state index in [1.54, 1.807) is 51.1 Å². The first-order chi connectivity index (χ1) is 12.7. The molecular formula is C20H20FN3O3. The Bertz CT molecular complexity index is 1000. The van der Waals surface area contributed by atoms with Crippen molar-refractivity contribution < 1.29 is 19.1 Å². The fraction of sp³-hybridized carbons (Fsp3) is 0.250. The normalized spacial score (nSPS) is 12.7. The summed E-state index contributed by atoms with van der Waals surface area (Å²) in [5.74, 6) is -1.92. The number of carboxylic acids is 1. The number of rotatable bonds is 4. The molecule has 1 heterocycles. The molecule has 3 aromatic rings. The average Bonchev–Trinajstić information content (AvgIpc) is 3.02. The Kier molecular flexibility index (Phi) is 4.70. The SMILES string of the molecule is CC(C)(C)C(NC(=O)c1ccc2[nH]nc(-c3ccc(F)cc3)c2c1)C(=O)O. The number of hydrogen-bond donors (Lipinski definition) is 3. The minimum atomic E-state index is -1.09. The number of H-pyrrole nitrogens is 1. The Morgan fingerprint density at radius 2 is 1.81 bits per heavy atom. The van der Waals surface area contributed by atoms with E-state index in [2.05, 4.69) is 15.5 Å². The molecule has 0 saturated carbocycles. The van der Waals surface area contributed by atoms with Crippen LogP contribution in [0, 0.1) is 11.2 Å². The standard InChI is InChI=1S/C20H20FN3O3/c1-20(2,3)17(19(26)27)22-18(25)12-6-9-15-14(10-12)16(24-23-15)11-4-7-13(21)8-5-11/h4-10,17H,1-3H3,(H,22,25)(H,23,24)(H,26,27). The molecule has 0 saturated heterocycles. The van der Waals surface area contributed by atoms with Gasteiger partial charge in [-0.3, -0.25) is 9.89 Å². The largest absolute Gasteiger partial charge is 0.480 e. The first-order valence-corrected chi connectivity index (χ1v) is 8.44. The Morgan fingerprint density at radius 1 is 1.15 bits per heavy atom. The third-order valence-electron chi connectivity index (χ3n) is 4.33. The van der Waals surface area contributed by atoms with Crippen LogP contribution in [0.2, 0.25) is 0 Å². The third kappa shape index (κ3) is 3.81. The van der Waals surface area contributed by atoms with E-state index >= 15 is 0 Å². The average molecular weight is 369 g/mol. The zero-order valence-corrected chi connectivity index (χ0v) is 15.2. The van der Waals surface area contributed by atoms with Crippen LogP contribution in [0.3, 0.4) is 0 Å². The van der Waals surface area contributed by atoms with E-state index in [0.29, 0.717) is 22.2 Å². The molecular weight excluding hydrogens is 349 g/mol. The summed E-state index contributed by atoms with van der Waals surface area (Å²) in [4.78, 5) is 24.1. The lowest BCUT2D eigenvalue weighted by Gasteiger charge is -2.27. The van der Waals surface area contributed by atoms with Gasteiger partial charge in [-0.2, -0.15) is 5.10 Å². The third-order valence-corrected chi connectivity index (χ3v) is 4.33. The van der Waals surface area contributed by atoms with Gasteiger partial charge in [-0.05, 0) is 47.9 Å². The number of fused-ring (bicyclic) bond motifs is 1. The number of nitrogens with one attached hydrogen (secondary N) is 2. The van der Waals surface area contributed by atoms with Crippen LogP contribution in [0.1, 0.15) is 31.1 Å². The summed E-state index contributed by atoms with van der Waals surface area (Å²) in [5, 5.41) is 19.8. The highest BCUT2D eigenvalue weighted by molar-refractivity contribution is 6.02. The quantitative estimate of drug-likeness (QED) is 0.655. The lowest BCUT2D eigenvalue weighted by atomic mass is 9.86. The molecule has 27 heavy (non-hydrogen) atoms. The number of aromatic nitrogens is 2. The molecule has 1 aromatic heterocycles. The number of nitrogens with zero attached hydrogens (tertiary/aromatic N) is 1. The van der Waals surface area contributed by atoms with Crippen molar-refractivity contribution >= 4 is 22.8 Å². The van der Waals surface area contributed by atoms with Gasteiger partial charge in [-0.1, -0.05) is 20.8 Å². The summed E-state index contributed by atoms with van der Waals surface area (Å²) < 4.78 is 13.2. The maximum atomic E-state index is 13.2. The van der Waals surface area contributed by atoms with Gasteiger partial charge >= 0.3 is 5.97 Å². The number of aromatic amines is 1. The van der Waals surface area contributed by atoms with Crippen molar-refractivity contribution in [2.24, 2.45) is 5.41 Å². The monoisotopic (exact) mass is 369 g/mol. The molecule has 6 nitrogen and oxygen atoms in total. The van der Waals surface area contributed by atoms with Gasteiger partial charge in [-0.25, -0.2) is 9.18 Å². The smallest absolute Gasteiger partial charge is 0.326 e. The topological polar surface area (TPSA) is 95.1 Å². The van der Waals surface area contributed by atoms with Gasteiger partial charge < -0.3 is 10.4 Å². The second-order valence-electron chi connectivity index (χ2n) is 7.45. The molecule has 1 unspecified atom stereocenters. The summed E-state index contributed by atoms with van der Waals surface area (Å²) in [6.45, 7) is 5.24. The molecule has 3 rings (SSSR count). The number of carboxylic acid groups (broad SMARTS) is 1. The Labute approximate surface area is 155 Å². The van der Waals surface area contributed by atoms with Crippen molar-refractivity contribution in [3.05, 3.63) is 53.8 Å². The van der Waals surface area contributed by atoms with E-state index in [1.165, 1.54) is 12.1 Å². The van der Waals surface area contributed by atoms with Crippen molar-refractivity contribution in [3.8, 4) is 11.3 Å². The van der Waals surface area contributed by atoms with Crippen LogP contribution in [0.25, 0.3) is 22.2 Å². The maximum absolute atomic E-state index is 13.2. The molecule has 0 radical (unpaired) electrons. The van der Waals surface area contributed by atoms with E-state index in [1.807, 2.05) is 0 Å². The number of carbonyl (C=O) groups excluding carboxylic acids is 1. The van der Waals surface area contributed by atoms with Crippen LogP contribution in [0.15, 0.2) is 42.5 Å². The Morgan fingerprint density at radius 3 is 2.41 bits per heavy atom. The fourth-order valence-corrected chi connectivity index (χ4v) is 2.85. The van der Waals surface area contributed by atoms with Gasteiger partial charge in [-0.15, -0.1) is 0 Å². The van der Waals surface area contributed by atoms with Crippen molar-refractivity contribution in [2.45, 2.75) is 26.8 Å². The van der Waals surface area contributed by atoms with Gasteiger partial charge in [0, 0.05) is 16.5 Å². The van der Waals surface area contributed by atoms with Crippen molar-refractivity contribution in [2.75, 3.05) is 0 Å². The van der Waals surface area contributed by atoms with Crippen LogP contribution in [0.5, 0.6) is 0 Å². The van der Waals surface area contributed by atoms with Crippen LogP contribution in [-0.2, 0) is 4.79 Å². The number of halogens is 1. The molecule has 140 valence electrons. The lowest BCUT2D eigenvalue weighted by Crippen LogP contribution is -2.49. The molecule has 0 fully saturated rings. The van der Waals surface area contributed by atoms with E-state index in [0.717, 1.165) is 5.52 Å². The van der Waals surface area contributed by atoms with Gasteiger partial charge in [0.1, 0.15) is 11.9 Å². The van der Waals surface area contributed by atoms with Gasteiger partial charge in [0.15, 0.2) is 0 Å². The van der Waals surface area contributed by atoms with Crippen LogP contribution in [-0.4, -0.2) is 33.2 Å². The lowest BCUT2D eigenvalue weighted by molar-refractivity contribution is -0.142.